The molecule has 7 nitrogen and oxygen atoms in total. The number of hydrogen-bond donors (Lipinski definition) is 1. The maximum atomic E-state index is 14.4. The molecule has 0 fully saturated rings. The molecule has 2 aromatic rings. The van der Waals surface area contributed by atoms with Gasteiger partial charge in [-0.3, -0.25) is 13.9 Å². The first kappa shape index (κ1) is 28.3. The smallest absolute Gasteiger partial charge is 0.244 e. The van der Waals surface area contributed by atoms with Gasteiger partial charge in [0, 0.05) is 18.7 Å². The van der Waals surface area contributed by atoms with Crippen LogP contribution in [0.25, 0.3) is 0 Å². The molecule has 0 aliphatic rings. The van der Waals surface area contributed by atoms with E-state index in [1.54, 1.807) is 25.1 Å². The van der Waals surface area contributed by atoms with E-state index in [0.717, 1.165) is 16.1 Å². The van der Waals surface area contributed by atoms with Crippen molar-refractivity contribution in [3.05, 3.63) is 65.5 Å². The van der Waals surface area contributed by atoms with Crippen molar-refractivity contribution in [1.82, 2.24) is 10.2 Å². The standard InChI is InChI=1S/C26H36FN3O4S/c1-7-16-28-25(32)19(2)29(17-20-10-8-9-11-23(20)27)24(31)18-30(35(6,33)34)22-14-12-21(13-15-22)26(3,4)5/h8-15,19H,7,16-18H2,1-6H3,(H,28,32). The van der Waals surface area contributed by atoms with Gasteiger partial charge in [-0.2, -0.15) is 0 Å². The van der Waals surface area contributed by atoms with Crippen molar-refractivity contribution in [3.8, 4) is 0 Å². The quantitative estimate of drug-likeness (QED) is 0.532. The normalized spacial score (nSPS) is 12.7. The van der Waals surface area contributed by atoms with Crippen molar-refractivity contribution in [3.63, 3.8) is 0 Å². The fourth-order valence-corrected chi connectivity index (χ4v) is 4.38. The molecule has 0 saturated heterocycles. The first-order valence-electron chi connectivity index (χ1n) is 11.6. The number of sulfonamides is 1. The maximum Gasteiger partial charge on any atom is 0.244 e. The summed E-state index contributed by atoms with van der Waals surface area (Å²) < 4.78 is 40.7. The van der Waals surface area contributed by atoms with Gasteiger partial charge in [0.1, 0.15) is 18.4 Å². The van der Waals surface area contributed by atoms with Gasteiger partial charge in [-0.05, 0) is 42.5 Å². The number of hydrogen-bond acceptors (Lipinski definition) is 4. The number of nitrogens with zero attached hydrogens (tertiary/aromatic N) is 2. The molecule has 1 atom stereocenters. The Morgan fingerprint density at radius 2 is 1.66 bits per heavy atom. The largest absolute Gasteiger partial charge is 0.354 e. The van der Waals surface area contributed by atoms with Crippen LogP contribution in [0, 0.1) is 5.82 Å². The second-order valence-corrected chi connectivity index (χ2v) is 11.6. The lowest BCUT2D eigenvalue weighted by Gasteiger charge is -2.31. The summed E-state index contributed by atoms with van der Waals surface area (Å²) in [5.41, 5.74) is 1.46. The monoisotopic (exact) mass is 505 g/mol. The van der Waals surface area contributed by atoms with Gasteiger partial charge in [-0.25, -0.2) is 12.8 Å². The van der Waals surface area contributed by atoms with Gasteiger partial charge in [0.15, 0.2) is 0 Å². The van der Waals surface area contributed by atoms with Gasteiger partial charge in [0.25, 0.3) is 0 Å². The van der Waals surface area contributed by atoms with Crippen molar-refractivity contribution in [2.24, 2.45) is 0 Å². The van der Waals surface area contributed by atoms with Gasteiger partial charge in [-0.15, -0.1) is 0 Å². The summed E-state index contributed by atoms with van der Waals surface area (Å²) in [7, 11) is -3.82. The summed E-state index contributed by atoms with van der Waals surface area (Å²) in [6.07, 6.45) is 1.74. The minimum absolute atomic E-state index is 0.123. The Hall–Kier alpha value is -2.94. The molecule has 0 radical (unpaired) electrons. The lowest BCUT2D eigenvalue weighted by atomic mass is 9.87. The van der Waals surface area contributed by atoms with Crippen LogP contribution in [-0.2, 0) is 31.6 Å². The highest BCUT2D eigenvalue weighted by atomic mass is 32.2. The SMILES string of the molecule is CCCNC(=O)C(C)N(Cc1ccccc1F)C(=O)CN(c1ccc(C(C)(C)C)cc1)S(C)(=O)=O. The zero-order chi connectivity index (χ0) is 26.4. The number of rotatable bonds is 10. The van der Waals surface area contributed by atoms with Gasteiger partial charge in [0.05, 0.1) is 11.9 Å². The van der Waals surface area contributed by atoms with Crippen molar-refractivity contribution >= 4 is 27.5 Å². The van der Waals surface area contributed by atoms with Crippen LogP contribution in [0.15, 0.2) is 48.5 Å². The maximum absolute atomic E-state index is 14.4. The Labute approximate surface area is 208 Å². The molecular weight excluding hydrogens is 469 g/mol. The summed E-state index contributed by atoms with van der Waals surface area (Å²) >= 11 is 0. The number of amides is 2. The van der Waals surface area contributed by atoms with Crippen LogP contribution in [0.2, 0.25) is 0 Å². The zero-order valence-corrected chi connectivity index (χ0v) is 22.2. The zero-order valence-electron chi connectivity index (χ0n) is 21.3. The molecule has 0 saturated carbocycles. The molecule has 192 valence electrons. The molecule has 1 N–H and O–H groups in total. The average molecular weight is 506 g/mol. The predicted octanol–water partition coefficient (Wildman–Crippen LogP) is 3.83. The molecule has 0 aliphatic carbocycles. The van der Waals surface area contributed by atoms with E-state index in [4.69, 9.17) is 0 Å². The molecule has 1 unspecified atom stereocenters. The number of carbonyl (C=O) groups is 2. The van der Waals surface area contributed by atoms with Crippen molar-refractivity contribution < 1.29 is 22.4 Å². The number of carbonyl (C=O) groups excluding carboxylic acids is 2. The van der Waals surface area contributed by atoms with Crippen molar-refractivity contribution in [2.45, 2.75) is 59.0 Å². The third kappa shape index (κ3) is 7.78. The van der Waals surface area contributed by atoms with Crippen LogP contribution < -0.4 is 9.62 Å². The molecule has 35 heavy (non-hydrogen) atoms. The van der Waals surface area contributed by atoms with E-state index in [2.05, 4.69) is 5.32 Å². The summed E-state index contributed by atoms with van der Waals surface area (Å²) in [6, 6.07) is 12.0. The molecule has 2 aromatic carbocycles. The second-order valence-electron chi connectivity index (χ2n) is 9.65. The minimum Gasteiger partial charge on any atom is -0.354 e. The fraction of sp³-hybridized carbons (Fsp3) is 0.462. The van der Waals surface area contributed by atoms with Gasteiger partial charge >= 0.3 is 0 Å². The van der Waals surface area contributed by atoms with Crippen LogP contribution in [0.3, 0.4) is 0 Å². The Balaban J connectivity index is 2.39. The fourth-order valence-electron chi connectivity index (χ4n) is 3.53. The molecule has 2 amide bonds. The highest BCUT2D eigenvalue weighted by Crippen LogP contribution is 2.26. The molecule has 0 spiro atoms. The van der Waals surface area contributed by atoms with Gasteiger partial charge in [-0.1, -0.05) is 58.0 Å². The van der Waals surface area contributed by atoms with Gasteiger partial charge in [0.2, 0.25) is 21.8 Å². The lowest BCUT2D eigenvalue weighted by Crippen LogP contribution is -2.51. The summed E-state index contributed by atoms with van der Waals surface area (Å²) in [5, 5.41) is 2.74. The van der Waals surface area contributed by atoms with E-state index in [1.807, 2.05) is 39.8 Å². The van der Waals surface area contributed by atoms with E-state index in [0.29, 0.717) is 18.7 Å². The van der Waals surface area contributed by atoms with Crippen LogP contribution >= 0.6 is 0 Å². The second kappa shape index (κ2) is 11.7. The number of halogens is 1. The average Bonchev–Trinajstić information content (AvgIpc) is 2.78. The number of benzene rings is 2. The Kier molecular flexibility index (Phi) is 9.43. The Bertz CT molecular complexity index is 1130. The van der Waals surface area contributed by atoms with Crippen LogP contribution in [0.5, 0.6) is 0 Å². The van der Waals surface area contributed by atoms with Crippen molar-refractivity contribution in [1.29, 1.82) is 0 Å². The number of anilines is 1. The van der Waals surface area contributed by atoms with Crippen LogP contribution in [0.1, 0.15) is 52.2 Å². The van der Waals surface area contributed by atoms with E-state index >= 15 is 0 Å². The van der Waals surface area contributed by atoms with Crippen molar-refractivity contribution in [2.75, 3.05) is 23.7 Å². The summed E-state index contributed by atoms with van der Waals surface area (Å²) in [6.45, 7) is 9.33. The molecule has 0 aliphatic heterocycles. The van der Waals surface area contributed by atoms with Crippen LogP contribution in [0.4, 0.5) is 10.1 Å². The lowest BCUT2D eigenvalue weighted by molar-refractivity contribution is -0.139. The molecule has 2 rings (SSSR count). The first-order valence-corrected chi connectivity index (χ1v) is 13.5. The third-order valence-corrected chi connectivity index (χ3v) is 6.86. The summed E-state index contributed by atoms with van der Waals surface area (Å²) in [4.78, 5) is 27.3. The number of nitrogens with one attached hydrogen (secondary N) is 1. The Morgan fingerprint density at radius 3 is 2.17 bits per heavy atom. The summed E-state index contributed by atoms with van der Waals surface area (Å²) in [5.74, 6) is -1.51. The van der Waals surface area contributed by atoms with E-state index < -0.39 is 40.2 Å². The highest BCUT2D eigenvalue weighted by Gasteiger charge is 2.30. The topological polar surface area (TPSA) is 86.8 Å². The van der Waals surface area contributed by atoms with E-state index in [9.17, 15) is 22.4 Å². The van der Waals surface area contributed by atoms with E-state index in [-0.39, 0.29) is 17.5 Å². The van der Waals surface area contributed by atoms with Gasteiger partial charge < -0.3 is 10.2 Å². The molecule has 0 bridgehead atoms. The predicted molar refractivity (Wildman–Crippen MR) is 137 cm³/mol. The first-order chi connectivity index (χ1) is 16.3. The Morgan fingerprint density at radius 1 is 1.06 bits per heavy atom. The molecular formula is C26H36FN3O4S. The molecule has 0 heterocycles. The van der Waals surface area contributed by atoms with Crippen LogP contribution in [-0.4, -0.2) is 50.5 Å². The van der Waals surface area contributed by atoms with E-state index in [1.165, 1.54) is 23.1 Å². The highest BCUT2D eigenvalue weighted by molar-refractivity contribution is 7.92. The third-order valence-electron chi connectivity index (χ3n) is 5.72. The molecule has 0 aromatic heterocycles. The molecule has 9 heteroatoms. The minimum atomic E-state index is -3.82.